The van der Waals surface area contributed by atoms with Gasteiger partial charge in [-0.15, -0.1) is 0 Å². The molecule has 0 spiro atoms. The molecular formula is C17H24N4O3. The first-order valence-electron chi connectivity index (χ1n) is 8.61. The van der Waals surface area contributed by atoms with Gasteiger partial charge in [0.15, 0.2) is 0 Å². The molecule has 2 aliphatic heterocycles. The number of fused-ring (bicyclic) bond motifs is 1. The third-order valence-electron chi connectivity index (χ3n) is 4.82. The standard InChI is InChI=1S/C17H24N4O3/c22-17-20(13-18-5-9-23-10-6-18)15-3-1-2-4-16(15)21(17)14-19-7-11-24-12-8-19/h1-4H,5-14H2. The van der Waals surface area contributed by atoms with Gasteiger partial charge in [0.05, 0.1) is 50.8 Å². The second-order valence-electron chi connectivity index (χ2n) is 6.37. The summed E-state index contributed by atoms with van der Waals surface area (Å²) in [6.45, 7) is 7.68. The quantitative estimate of drug-likeness (QED) is 0.810. The van der Waals surface area contributed by atoms with E-state index in [0.29, 0.717) is 13.3 Å². The molecule has 130 valence electrons. The van der Waals surface area contributed by atoms with Gasteiger partial charge in [-0.05, 0) is 12.1 Å². The van der Waals surface area contributed by atoms with E-state index in [2.05, 4.69) is 9.80 Å². The smallest absolute Gasteiger partial charge is 0.331 e. The summed E-state index contributed by atoms with van der Waals surface area (Å²) in [7, 11) is 0. The van der Waals surface area contributed by atoms with Crippen molar-refractivity contribution in [3.05, 3.63) is 34.7 Å². The van der Waals surface area contributed by atoms with Crippen LogP contribution in [0.3, 0.4) is 0 Å². The largest absolute Gasteiger partial charge is 0.379 e. The molecule has 24 heavy (non-hydrogen) atoms. The number of morpholine rings is 2. The van der Waals surface area contributed by atoms with Gasteiger partial charge in [-0.25, -0.2) is 4.79 Å². The summed E-state index contributed by atoms with van der Waals surface area (Å²) in [5.41, 5.74) is 2.07. The zero-order valence-corrected chi connectivity index (χ0v) is 13.9. The number of aromatic nitrogens is 2. The van der Waals surface area contributed by atoms with Gasteiger partial charge in [0.25, 0.3) is 0 Å². The van der Waals surface area contributed by atoms with Crippen LogP contribution in [0.1, 0.15) is 0 Å². The number of hydrogen-bond acceptors (Lipinski definition) is 5. The number of hydrogen-bond donors (Lipinski definition) is 0. The van der Waals surface area contributed by atoms with Crippen LogP contribution >= 0.6 is 0 Å². The van der Waals surface area contributed by atoms with E-state index >= 15 is 0 Å². The SMILES string of the molecule is O=c1n(CN2CCOCC2)c2ccccc2n1CN1CCOCC1. The molecule has 0 unspecified atom stereocenters. The van der Waals surface area contributed by atoms with E-state index in [1.807, 2.05) is 33.4 Å². The molecule has 0 N–H and O–H groups in total. The second kappa shape index (κ2) is 7.06. The summed E-state index contributed by atoms with van der Waals surface area (Å²) in [4.78, 5) is 17.6. The molecule has 2 aromatic rings. The van der Waals surface area contributed by atoms with E-state index in [0.717, 1.165) is 63.6 Å². The maximum atomic E-state index is 13.0. The van der Waals surface area contributed by atoms with Gasteiger partial charge in [0.2, 0.25) is 0 Å². The van der Waals surface area contributed by atoms with Crippen LogP contribution in [0.2, 0.25) is 0 Å². The maximum Gasteiger partial charge on any atom is 0.331 e. The Morgan fingerprint density at radius 2 is 1.17 bits per heavy atom. The Morgan fingerprint density at radius 1 is 0.750 bits per heavy atom. The summed E-state index contributed by atoms with van der Waals surface area (Å²) in [5, 5.41) is 0. The summed E-state index contributed by atoms with van der Waals surface area (Å²) in [6, 6.07) is 8.06. The number of imidazole rings is 1. The van der Waals surface area contributed by atoms with Crippen LogP contribution < -0.4 is 5.69 Å². The van der Waals surface area contributed by atoms with Crippen molar-refractivity contribution in [2.45, 2.75) is 13.3 Å². The van der Waals surface area contributed by atoms with Crippen molar-refractivity contribution in [2.24, 2.45) is 0 Å². The molecule has 0 aliphatic carbocycles. The fourth-order valence-electron chi connectivity index (χ4n) is 3.43. The fourth-order valence-corrected chi connectivity index (χ4v) is 3.43. The van der Waals surface area contributed by atoms with Crippen molar-refractivity contribution in [3.63, 3.8) is 0 Å². The molecule has 0 atom stereocenters. The van der Waals surface area contributed by atoms with Gasteiger partial charge >= 0.3 is 5.69 Å². The lowest BCUT2D eigenvalue weighted by Gasteiger charge is -2.27. The topological polar surface area (TPSA) is 51.9 Å². The predicted molar refractivity (Wildman–Crippen MR) is 91.0 cm³/mol. The molecule has 0 radical (unpaired) electrons. The van der Waals surface area contributed by atoms with Crippen molar-refractivity contribution in [3.8, 4) is 0 Å². The molecule has 2 fully saturated rings. The van der Waals surface area contributed by atoms with Crippen molar-refractivity contribution >= 4 is 11.0 Å². The maximum absolute atomic E-state index is 13.0. The molecule has 7 heteroatoms. The molecule has 1 aromatic heterocycles. The number of ether oxygens (including phenoxy) is 2. The van der Waals surface area contributed by atoms with E-state index in [-0.39, 0.29) is 5.69 Å². The normalized spacial score (nSPS) is 20.7. The van der Waals surface area contributed by atoms with Crippen LogP contribution in [0.25, 0.3) is 11.0 Å². The molecule has 0 bridgehead atoms. The highest BCUT2D eigenvalue weighted by atomic mass is 16.5. The van der Waals surface area contributed by atoms with Crippen molar-refractivity contribution in [1.29, 1.82) is 0 Å². The first kappa shape index (κ1) is 15.8. The van der Waals surface area contributed by atoms with Crippen molar-refractivity contribution in [2.75, 3.05) is 52.6 Å². The Kier molecular flexibility index (Phi) is 4.66. The third-order valence-corrected chi connectivity index (χ3v) is 4.82. The monoisotopic (exact) mass is 332 g/mol. The van der Waals surface area contributed by atoms with E-state index in [1.54, 1.807) is 0 Å². The van der Waals surface area contributed by atoms with Crippen LogP contribution in [-0.2, 0) is 22.8 Å². The Morgan fingerprint density at radius 3 is 1.58 bits per heavy atom. The fraction of sp³-hybridized carbons (Fsp3) is 0.588. The minimum Gasteiger partial charge on any atom is -0.379 e. The lowest BCUT2D eigenvalue weighted by atomic mass is 10.3. The molecule has 3 heterocycles. The van der Waals surface area contributed by atoms with Crippen LogP contribution in [0.4, 0.5) is 0 Å². The van der Waals surface area contributed by atoms with Crippen molar-refractivity contribution in [1.82, 2.24) is 18.9 Å². The van der Waals surface area contributed by atoms with E-state index in [4.69, 9.17) is 9.47 Å². The number of nitrogens with zero attached hydrogens (tertiary/aromatic N) is 4. The van der Waals surface area contributed by atoms with Crippen LogP contribution in [0.5, 0.6) is 0 Å². The van der Waals surface area contributed by atoms with Gasteiger partial charge in [-0.3, -0.25) is 18.9 Å². The highest BCUT2D eigenvalue weighted by Crippen LogP contribution is 2.15. The van der Waals surface area contributed by atoms with Gasteiger partial charge in [-0.2, -0.15) is 0 Å². The molecule has 0 amide bonds. The Labute approximate surface area is 141 Å². The van der Waals surface area contributed by atoms with Gasteiger partial charge in [0, 0.05) is 26.2 Å². The highest BCUT2D eigenvalue weighted by molar-refractivity contribution is 5.75. The summed E-state index contributed by atoms with van der Waals surface area (Å²) < 4.78 is 14.6. The minimum absolute atomic E-state index is 0.0641. The summed E-state index contributed by atoms with van der Waals surface area (Å²) in [5.74, 6) is 0. The molecule has 2 aliphatic rings. The molecule has 7 nitrogen and oxygen atoms in total. The average molecular weight is 332 g/mol. The molecule has 0 saturated carbocycles. The number of rotatable bonds is 4. The van der Waals surface area contributed by atoms with Gasteiger partial charge in [0.1, 0.15) is 0 Å². The summed E-state index contributed by atoms with van der Waals surface area (Å²) in [6.07, 6.45) is 0. The lowest BCUT2D eigenvalue weighted by molar-refractivity contribution is 0.0204. The van der Waals surface area contributed by atoms with Crippen LogP contribution in [0.15, 0.2) is 29.1 Å². The number of para-hydroxylation sites is 2. The van der Waals surface area contributed by atoms with E-state index < -0.39 is 0 Å². The molecule has 4 rings (SSSR count). The zero-order chi connectivity index (χ0) is 16.4. The number of benzene rings is 1. The van der Waals surface area contributed by atoms with Crippen LogP contribution in [0, 0.1) is 0 Å². The second-order valence-corrected chi connectivity index (χ2v) is 6.37. The lowest BCUT2D eigenvalue weighted by Crippen LogP contribution is -2.42. The molecule has 1 aromatic carbocycles. The Balaban J connectivity index is 1.65. The highest BCUT2D eigenvalue weighted by Gasteiger charge is 2.19. The Bertz CT molecular complexity index is 682. The molecular weight excluding hydrogens is 308 g/mol. The average Bonchev–Trinajstić information content (AvgIpc) is 2.90. The minimum atomic E-state index is 0.0641. The first-order chi connectivity index (χ1) is 11.8. The molecule has 2 saturated heterocycles. The van der Waals surface area contributed by atoms with Crippen LogP contribution in [-0.4, -0.2) is 71.5 Å². The zero-order valence-electron chi connectivity index (χ0n) is 13.9. The predicted octanol–water partition coefficient (Wildman–Crippen LogP) is 0.382. The van der Waals surface area contributed by atoms with Gasteiger partial charge < -0.3 is 9.47 Å². The van der Waals surface area contributed by atoms with Gasteiger partial charge in [-0.1, -0.05) is 12.1 Å². The first-order valence-corrected chi connectivity index (χ1v) is 8.61. The van der Waals surface area contributed by atoms with E-state index in [1.165, 1.54) is 0 Å². The Hall–Kier alpha value is -1.67. The summed E-state index contributed by atoms with van der Waals surface area (Å²) >= 11 is 0. The van der Waals surface area contributed by atoms with E-state index in [9.17, 15) is 4.79 Å². The third kappa shape index (κ3) is 3.12. The van der Waals surface area contributed by atoms with Crippen molar-refractivity contribution < 1.29 is 9.47 Å².